The van der Waals surface area contributed by atoms with E-state index in [1.54, 1.807) is 11.3 Å². The van der Waals surface area contributed by atoms with Gasteiger partial charge in [-0.1, -0.05) is 46.0 Å². The molecule has 2 heterocycles. The van der Waals surface area contributed by atoms with Crippen molar-refractivity contribution >= 4 is 32.9 Å². The molecule has 2 rings (SSSR count). The molecule has 0 radical (unpaired) electrons. The highest BCUT2D eigenvalue weighted by molar-refractivity contribution is 7.22. The first-order valence-electron chi connectivity index (χ1n) is 6.64. The minimum Gasteiger partial charge on any atom is -0.240 e. The molecule has 0 saturated carbocycles. The minimum absolute atomic E-state index is 0.638. The van der Waals surface area contributed by atoms with Crippen LogP contribution in [-0.4, -0.2) is 4.98 Å². The highest BCUT2D eigenvalue weighted by Crippen LogP contribution is 2.32. The average molecular weight is 267 g/mol. The van der Waals surface area contributed by atoms with Crippen LogP contribution in [0.5, 0.6) is 0 Å². The molecule has 0 aliphatic heterocycles. The maximum atomic E-state index is 4.72. The Labute approximate surface area is 112 Å². The first-order valence-corrected chi connectivity index (χ1v) is 8.39. The van der Waals surface area contributed by atoms with Crippen molar-refractivity contribution in [3.8, 4) is 0 Å². The number of thiazole rings is 1. The first kappa shape index (κ1) is 13.0. The van der Waals surface area contributed by atoms with Crippen LogP contribution in [0.1, 0.15) is 63.3 Å². The zero-order chi connectivity index (χ0) is 12.1. The van der Waals surface area contributed by atoms with Crippen molar-refractivity contribution in [2.24, 2.45) is 0 Å². The van der Waals surface area contributed by atoms with Crippen LogP contribution in [0.2, 0.25) is 0 Å². The normalized spacial score (nSPS) is 13.3. The Balaban J connectivity index is 1.79. The number of unbranched alkanes of at least 4 members (excludes halogenated alkanes) is 4. The summed E-state index contributed by atoms with van der Waals surface area (Å²) in [6, 6.07) is 0. The van der Waals surface area contributed by atoms with E-state index in [1.807, 2.05) is 11.3 Å². The summed E-state index contributed by atoms with van der Waals surface area (Å²) in [5.41, 5.74) is 1.20. The zero-order valence-corrected chi connectivity index (χ0v) is 12.4. The fourth-order valence-corrected chi connectivity index (χ4v) is 4.03. The molecule has 17 heavy (non-hydrogen) atoms. The second-order valence-electron chi connectivity index (χ2n) is 4.78. The summed E-state index contributed by atoms with van der Waals surface area (Å²) in [5.74, 6) is 0.638. The van der Waals surface area contributed by atoms with E-state index in [0.29, 0.717) is 5.92 Å². The molecule has 1 unspecified atom stereocenters. The van der Waals surface area contributed by atoms with Gasteiger partial charge < -0.3 is 0 Å². The quantitative estimate of drug-likeness (QED) is 0.576. The molecule has 94 valence electrons. The fourth-order valence-electron chi connectivity index (χ4n) is 2.08. The molecule has 1 atom stereocenters. The Kier molecular flexibility index (Phi) is 4.99. The third-order valence-electron chi connectivity index (χ3n) is 3.21. The van der Waals surface area contributed by atoms with Crippen molar-refractivity contribution in [2.45, 2.75) is 58.3 Å². The van der Waals surface area contributed by atoms with Crippen LogP contribution in [0.15, 0.2) is 10.8 Å². The smallest absolute Gasteiger partial charge is 0.0967 e. The van der Waals surface area contributed by atoms with Crippen LogP contribution < -0.4 is 0 Å². The molecule has 0 aliphatic carbocycles. The lowest BCUT2D eigenvalue weighted by Gasteiger charge is -2.07. The van der Waals surface area contributed by atoms with Gasteiger partial charge in [-0.2, -0.15) is 0 Å². The van der Waals surface area contributed by atoms with Gasteiger partial charge in [0.25, 0.3) is 0 Å². The standard InChI is InChI=1S/C14H21NS2/c1-3-4-5-6-7-8-11(2)14-15-12-9-16-10-13(12)17-14/h9-11H,3-8H2,1-2H3. The SMILES string of the molecule is CCCCCCCC(C)c1nc2cscc2s1. The summed E-state index contributed by atoms with van der Waals surface area (Å²) < 4.78 is 1.36. The third kappa shape index (κ3) is 3.52. The van der Waals surface area contributed by atoms with Gasteiger partial charge in [-0.15, -0.1) is 22.7 Å². The molecule has 0 spiro atoms. The molecule has 0 amide bonds. The number of rotatable bonds is 7. The van der Waals surface area contributed by atoms with Crippen molar-refractivity contribution in [1.29, 1.82) is 0 Å². The van der Waals surface area contributed by atoms with Crippen molar-refractivity contribution in [1.82, 2.24) is 4.98 Å². The van der Waals surface area contributed by atoms with E-state index in [2.05, 4.69) is 24.6 Å². The van der Waals surface area contributed by atoms with Crippen molar-refractivity contribution < 1.29 is 0 Å². The van der Waals surface area contributed by atoms with Crippen molar-refractivity contribution in [2.75, 3.05) is 0 Å². The van der Waals surface area contributed by atoms with Crippen LogP contribution in [-0.2, 0) is 0 Å². The van der Waals surface area contributed by atoms with Gasteiger partial charge in [0, 0.05) is 16.7 Å². The number of fused-ring (bicyclic) bond motifs is 1. The molecular weight excluding hydrogens is 246 g/mol. The summed E-state index contributed by atoms with van der Waals surface area (Å²) in [5, 5.41) is 5.70. The molecule has 0 aliphatic rings. The lowest BCUT2D eigenvalue weighted by atomic mass is 10.0. The molecule has 2 aromatic heterocycles. The minimum atomic E-state index is 0.638. The number of hydrogen-bond acceptors (Lipinski definition) is 3. The maximum Gasteiger partial charge on any atom is 0.0967 e. The lowest BCUT2D eigenvalue weighted by molar-refractivity contribution is 0.566. The van der Waals surface area contributed by atoms with E-state index >= 15 is 0 Å². The third-order valence-corrected chi connectivity index (χ3v) is 5.34. The van der Waals surface area contributed by atoms with E-state index in [1.165, 1.54) is 53.7 Å². The van der Waals surface area contributed by atoms with Crippen LogP contribution in [0, 0.1) is 0 Å². The van der Waals surface area contributed by atoms with Gasteiger partial charge in [-0.05, 0) is 6.42 Å². The second kappa shape index (κ2) is 6.50. The van der Waals surface area contributed by atoms with Gasteiger partial charge in [0.2, 0.25) is 0 Å². The van der Waals surface area contributed by atoms with Crippen LogP contribution in [0.3, 0.4) is 0 Å². The molecule has 2 aromatic rings. The van der Waals surface area contributed by atoms with Crippen LogP contribution >= 0.6 is 22.7 Å². The maximum absolute atomic E-state index is 4.72. The predicted octanol–water partition coefficient (Wildman–Crippen LogP) is 5.82. The molecule has 0 N–H and O–H groups in total. The molecule has 0 bridgehead atoms. The summed E-state index contributed by atoms with van der Waals surface area (Å²) in [7, 11) is 0. The fraction of sp³-hybridized carbons (Fsp3) is 0.643. The molecule has 1 nitrogen and oxygen atoms in total. The van der Waals surface area contributed by atoms with E-state index in [4.69, 9.17) is 4.98 Å². The summed E-state index contributed by atoms with van der Waals surface area (Å²) in [4.78, 5) is 4.72. The average Bonchev–Trinajstić information content (AvgIpc) is 2.88. The Bertz CT molecular complexity index is 415. The van der Waals surface area contributed by atoms with E-state index in [9.17, 15) is 0 Å². The summed E-state index contributed by atoms with van der Waals surface area (Å²) >= 11 is 3.63. The van der Waals surface area contributed by atoms with Crippen LogP contribution in [0.4, 0.5) is 0 Å². The predicted molar refractivity (Wildman–Crippen MR) is 79.3 cm³/mol. The van der Waals surface area contributed by atoms with Gasteiger partial charge >= 0.3 is 0 Å². The number of hydrogen-bond donors (Lipinski definition) is 0. The monoisotopic (exact) mass is 267 g/mol. The number of thiophene rings is 1. The number of nitrogens with zero attached hydrogens (tertiary/aromatic N) is 1. The largest absolute Gasteiger partial charge is 0.240 e. The highest BCUT2D eigenvalue weighted by Gasteiger charge is 2.11. The highest BCUT2D eigenvalue weighted by atomic mass is 32.1. The van der Waals surface area contributed by atoms with Gasteiger partial charge in [0.15, 0.2) is 0 Å². The molecule has 0 aromatic carbocycles. The van der Waals surface area contributed by atoms with Crippen LogP contribution in [0.25, 0.3) is 10.2 Å². The molecule has 0 saturated heterocycles. The first-order chi connectivity index (χ1) is 8.31. The van der Waals surface area contributed by atoms with Gasteiger partial charge in [-0.3, -0.25) is 0 Å². The molecule has 3 heteroatoms. The van der Waals surface area contributed by atoms with Gasteiger partial charge in [0.1, 0.15) is 0 Å². The van der Waals surface area contributed by atoms with E-state index in [-0.39, 0.29) is 0 Å². The zero-order valence-electron chi connectivity index (χ0n) is 10.7. The van der Waals surface area contributed by atoms with Crippen molar-refractivity contribution in [3.63, 3.8) is 0 Å². The van der Waals surface area contributed by atoms with Crippen molar-refractivity contribution in [3.05, 3.63) is 15.8 Å². The Hall–Kier alpha value is -0.410. The van der Waals surface area contributed by atoms with Gasteiger partial charge in [-0.25, -0.2) is 4.98 Å². The lowest BCUT2D eigenvalue weighted by Crippen LogP contribution is -1.92. The number of aromatic nitrogens is 1. The summed E-state index contributed by atoms with van der Waals surface area (Å²) in [6.07, 6.45) is 8.16. The molecular formula is C14H21NS2. The topological polar surface area (TPSA) is 12.9 Å². The van der Waals surface area contributed by atoms with Gasteiger partial charge in [0.05, 0.1) is 15.2 Å². The van der Waals surface area contributed by atoms with E-state index < -0.39 is 0 Å². The summed E-state index contributed by atoms with van der Waals surface area (Å²) in [6.45, 7) is 4.59. The van der Waals surface area contributed by atoms with E-state index in [0.717, 1.165) is 0 Å². The Morgan fingerprint density at radius 1 is 1.18 bits per heavy atom. The second-order valence-corrected chi connectivity index (χ2v) is 6.58. The Morgan fingerprint density at radius 3 is 2.76 bits per heavy atom. The molecule has 0 fully saturated rings. The Morgan fingerprint density at radius 2 is 2.00 bits per heavy atom.